The van der Waals surface area contributed by atoms with Crippen molar-refractivity contribution in [3.63, 3.8) is 0 Å². The number of aromatic nitrogens is 2. The summed E-state index contributed by atoms with van der Waals surface area (Å²) in [7, 11) is 0. The summed E-state index contributed by atoms with van der Waals surface area (Å²) in [6.45, 7) is 2.18. The average Bonchev–Trinajstić information content (AvgIpc) is 2.40. The van der Waals surface area contributed by atoms with E-state index in [0.717, 1.165) is 24.1 Å². The number of benzene rings is 1. The van der Waals surface area contributed by atoms with E-state index in [-0.39, 0.29) is 6.04 Å². The van der Waals surface area contributed by atoms with Gasteiger partial charge in [-0.15, -0.1) is 0 Å². The minimum absolute atomic E-state index is 0.194. The first-order chi connectivity index (χ1) is 8.31. The highest BCUT2D eigenvalue weighted by molar-refractivity contribution is 5.30. The van der Waals surface area contributed by atoms with Crippen LogP contribution >= 0.6 is 0 Å². The Morgan fingerprint density at radius 2 is 2.18 bits per heavy atom. The summed E-state index contributed by atoms with van der Waals surface area (Å²) in [4.78, 5) is 8.29. The SMILES string of the molecule is CCCc1cccc(C(N)c2cnccn2)c1. The molecule has 0 spiro atoms. The predicted octanol–water partition coefficient (Wildman–Crippen LogP) is 2.48. The van der Waals surface area contributed by atoms with Crippen LogP contribution in [-0.4, -0.2) is 9.97 Å². The second kappa shape index (κ2) is 5.55. The predicted molar refractivity (Wildman–Crippen MR) is 68.5 cm³/mol. The van der Waals surface area contributed by atoms with E-state index in [1.807, 2.05) is 6.07 Å². The summed E-state index contributed by atoms with van der Waals surface area (Å²) in [6.07, 6.45) is 7.27. The summed E-state index contributed by atoms with van der Waals surface area (Å²) in [5.41, 5.74) is 9.40. The van der Waals surface area contributed by atoms with Gasteiger partial charge in [0, 0.05) is 12.4 Å². The summed E-state index contributed by atoms with van der Waals surface area (Å²) >= 11 is 0. The molecule has 0 bridgehead atoms. The number of aryl methyl sites for hydroxylation is 1. The van der Waals surface area contributed by atoms with Crippen LogP contribution in [0.1, 0.15) is 36.2 Å². The van der Waals surface area contributed by atoms with Crippen molar-refractivity contribution in [2.75, 3.05) is 0 Å². The first-order valence-electron chi connectivity index (χ1n) is 5.91. The van der Waals surface area contributed by atoms with E-state index in [9.17, 15) is 0 Å². The Labute approximate surface area is 102 Å². The molecule has 0 aliphatic carbocycles. The fourth-order valence-corrected chi connectivity index (χ4v) is 1.87. The molecule has 0 aliphatic rings. The van der Waals surface area contributed by atoms with Gasteiger partial charge < -0.3 is 5.73 Å². The van der Waals surface area contributed by atoms with Crippen molar-refractivity contribution in [1.82, 2.24) is 9.97 Å². The third kappa shape index (κ3) is 2.88. The molecular formula is C14H17N3. The van der Waals surface area contributed by atoms with Crippen LogP contribution in [0.3, 0.4) is 0 Å². The van der Waals surface area contributed by atoms with Crippen LogP contribution in [0.2, 0.25) is 0 Å². The maximum Gasteiger partial charge on any atom is 0.0799 e. The zero-order valence-corrected chi connectivity index (χ0v) is 10.0. The molecule has 1 aromatic carbocycles. The average molecular weight is 227 g/mol. The Kier molecular flexibility index (Phi) is 3.83. The molecular weight excluding hydrogens is 210 g/mol. The number of nitrogens with zero attached hydrogens (tertiary/aromatic N) is 2. The maximum atomic E-state index is 6.18. The van der Waals surface area contributed by atoms with E-state index in [0.29, 0.717) is 0 Å². The largest absolute Gasteiger partial charge is 0.319 e. The number of hydrogen-bond acceptors (Lipinski definition) is 3. The molecule has 3 heteroatoms. The van der Waals surface area contributed by atoms with Crippen LogP contribution in [0.25, 0.3) is 0 Å². The summed E-state index contributed by atoms with van der Waals surface area (Å²) in [5.74, 6) is 0. The van der Waals surface area contributed by atoms with Gasteiger partial charge in [-0.1, -0.05) is 37.6 Å². The smallest absolute Gasteiger partial charge is 0.0799 e. The Balaban J connectivity index is 2.25. The van der Waals surface area contributed by atoms with Gasteiger partial charge in [0.1, 0.15) is 0 Å². The van der Waals surface area contributed by atoms with Crippen LogP contribution in [0, 0.1) is 0 Å². The molecule has 0 saturated carbocycles. The van der Waals surface area contributed by atoms with E-state index < -0.39 is 0 Å². The van der Waals surface area contributed by atoms with Gasteiger partial charge in [0.15, 0.2) is 0 Å². The molecule has 0 radical (unpaired) electrons. The molecule has 2 N–H and O–H groups in total. The summed E-state index contributed by atoms with van der Waals surface area (Å²) in [5, 5.41) is 0. The number of rotatable bonds is 4. The van der Waals surface area contributed by atoms with E-state index in [1.54, 1.807) is 18.6 Å². The maximum absolute atomic E-state index is 6.18. The van der Waals surface area contributed by atoms with E-state index in [2.05, 4.69) is 35.1 Å². The van der Waals surface area contributed by atoms with Crippen molar-refractivity contribution in [2.24, 2.45) is 5.73 Å². The molecule has 0 aliphatic heterocycles. The second-order valence-corrected chi connectivity index (χ2v) is 4.10. The summed E-state index contributed by atoms with van der Waals surface area (Å²) in [6, 6.07) is 8.19. The molecule has 88 valence electrons. The van der Waals surface area contributed by atoms with Crippen molar-refractivity contribution in [1.29, 1.82) is 0 Å². The van der Waals surface area contributed by atoms with Crippen molar-refractivity contribution >= 4 is 0 Å². The van der Waals surface area contributed by atoms with Gasteiger partial charge in [-0.25, -0.2) is 0 Å². The van der Waals surface area contributed by atoms with Gasteiger partial charge in [0.05, 0.1) is 17.9 Å². The quantitative estimate of drug-likeness (QED) is 0.873. The van der Waals surface area contributed by atoms with Crippen LogP contribution < -0.4 is 5.73 Å². The van der Waals surface area contributed by atoms with Gasteiger partial charge in [-0.2, -0.15) is 0 Å². The standard InChI is InChI=1S/C14H17N3/c1-2-4-11-5-3-6-12(9-11)14(15)13-10-16-7-8-17-13/h3,5-10,14H,2,4,15H2,1H3. The molecule has 1 atom stereocenters. The van der Waals surface area contributed by atoms with Crippen molar-refractivity contribution < 1.29 is 0 Å². The number of hydrogen-bond donors (Lipinski definition) is 1. The number of nitrogens with two attached hydrogens (primary N) is 1. The molecule has 0 amide bonds. The zero-order chi connectivity index (χ0) is 12.1. The Hall–Kier alpha value is -1.74. The molecule has 2 rings (SSSR count). The van der Waals surface area contributed by atoms with Gasteiger partial charge in [0.25, 0.3) is 0 Å². The van der Waals surface area contributed by atoms with Gasteiger partial charge >= 0.3 is 0 Å². The molecule has 1 unspecified atom stereocenters. The minimum Gasteiger partial charge on any atom is -0.319 e. The van der Waals surface area contributed by atoms with E-state index in [4.69, 9.17) is 5.73 Å². The van der Waals surface area contributed by atoms with Crippen molar-refractivity contribution in [3.05, 3.63) is 59.7 Å². The van der Waals surface area contributed by atoms with Crippen LogP contribution in [0.15, 0.2) is 42.9 Å². The van der Waals surface area contributed by atoms with Crippen LogP contribution in [0.5, 0.6) is 0 Å². The highest BCUT2D eigenvalue weighted by Gasteiger charge is 2.10. The highest BCUT2D eigenvalue weighted by Crippen LogP contribution is 2.18. The first-order valence-corrected chi connectivity index (χ1v) is 5.91. The molecule has 0 fully saturated rings. The molecule has 1 aromatic heterocycles. The normalized spacial score (nSPS) is 12.4. The minimum atomic E-state index is -0.194. The lowest BCUT2D eigenvalue weighted by Gasteiger charge is -2.12. The molecule has 1 heterocycles. The Morgan fingerprint density at radius 1 is 1.29 bits per heavy atom. The lowest BCUT2D eigenvalue weighted by atomic mass is 10.0. The lowest BCUT2D eigenvalue weighted by Crippen LogP contribution is -2.13. The fourth-order valence-electron chi connectivity index (χ4n) is 1.87. The van der Waals surface area contributed by atoms with Crippen molar-refractivity contribution in [2.45, 2.75) is 25.8 Å². The van der Waals surface area contributed by atoms with Crippen molar-refractivity contribution in [3.8, 4) is 0 Å². The second-order valence-electron chi connectivity index (χ2n) is 4.10. The summed E-state index contributed by atoms with van der Waals surface area (Å²) < 4.78 is 0. The fraction of sp³-hybridized carbons (Fsp3) is 0.286. The third-order valence-electron chi connectivity index (χ3n) is 2.75. The van der Waals surface area contributed by atoms with Crippen LogP contribution in [0.4, 0.5) is 0 Å². The topological polar surface area (TPSA) is 51.8 Å². The molecule has 3 nitrogen and oxygen atoms in total. The monoisotopic (exact) mass is 227 g/mol. The Morgan fingerprint density at radius 3 is 2.88 bits per heavy atom. The first kappa shape index (κ1) is 11.7. The molecule has 17 heavy (non-hydrogen) atoms. The van der Waals surface area contributed by atoms with Gasteiger partial charge in [-0.05, 0) is 17.5 Å². The lowest BCUT2D eigenvalue weighted by molar-refractivity contribution is 0.812. The highest BCUT2D eigenvalue weighted by atomic mass is 14.8. The molecule has 2 aromatic rings. The zero-order valence-electron chi connectivity index (χ0n) is 10.0. The van der Waals surface area contributed by atoms with E-state index >= 15 is 0 Å². The van der Waals surface area contributed by atoms with Gasteiger partial charge in [0.2, 0.25) is 0 Å². The van der Waals surface area contributed by atoms with E-state index in [1.165, 1.54) is 5.56 Å². The van der Waals surface area contributed by atoms with Gasteiger partial charge in [-0.3, -0.25) is 9.97 Å². The third-order valence-corrected chi connectivity index (χ3v) is 2.75. The van der Waals surface area contributed by atoms with Crippen LogP contribution in [-0.2, 0) is 6.42 Å². The molecule has 0 saturated heterocycles. The Bertz CT molecular complexity index is 468.